The van der Waals surface area contributed by atoms with Crippen LogP contribution < -0.4 is 0 Å². The Morgan fingerprint density at radius 2 is 1.75 bits per heavy atom. The number of hydrogen-bond donors (Lipinski definition) is 2. The highest BCUT2D eigenvalue weighted by atomic mass is 16.6. The molecule has 0 rings (SSSR count). The maximum Gasteiger partial charge on any atom is 0.341 e. The molecule has 0 radical (unpaired) electrons. The second-order valence-corrected chi connectivity index (χ2v) is 4.80. The third-order valence-corrected chi connectivity index (χ3v) is 2.71. The molecular formula is C15H24O5. The van der Waals surface area contributed by atoms with Crippen LogP contribution in [-0.2, 0) is 14.3 Å². The molecule has 0 fully saturated rings. The van der Waals surface area contributed by atoms with Crippen LogP contribution in [-0.4, -0.2) is 34.9 Å². The van der Waals surface area contributed by atoms with Crippen molar-refractivity contribution in [3.63, 3.8) is 0 Å². The molecule has 0 aliphatic heterocycles. The molecule has 1 atom stereocenters. The van der Waals surface area contributed by atoms with Gasteiger partial charge in [0.2, 0.25) is 0 Å². The second-order valence-electron chi connectivity index (χ2n) is 4.80. The number of hydrogen-bond acceptors (Lipinski definition) is 5. The summed E-state index contributed by atoms with van der Waals surface area (Å²) in [7, 11) is 0. The first kappa shape index (κ1) is 18.5. The molecule has 114 valence electrons. The summed E-state index contributed by atoms with van der Waals surface area (Å²) < 4.78 is 4.55. The fraction of sp³-hybridized carbons (Fsp3) is 0.600. The minimum absolute atomic E-state index is 0.149. The molecular weight excluding hydrogens is 260 g/mol. The van der Waals surface area contributed by atoms with Gasteiger partial charge in [0, 0.05) is 17.8 Å². The van der Waals surface area contributed by atoms with E-state index < -0.39 is 18.0 Å². The minimum atomic E-state index is -0.766. The number of carbonyl (C=O) groups is 2. The van der Waals surface area contributed by atoms with Gasteiger partial charge < -0.3 is 14.9 Å². The van der Waals surface area contributed by atoms with Crippen LogP contribution in [0.4, 0.5) is 0 Å². The normalized spacial score (nSPS) is 12.9. The molecule has 1 unspecified atom stereocenters. The molecule has 0 aromatic carbocycles. The summed E-state index contributed by atoms with van der Waals surface area (Å²) in [6.45, 7) is 6.51. The smallest absolute Gasteiger partial charge is 0.341 e. The monoisotopic (exact) mass is 284 g/mol. The zero-order chi connectivity index (χ0) is 15.5. The third-order valence-electron chi connectivity index (χ3n) is 2.71. The molecule has 0 aromatic rings. The Morgan fingerprint density at radius 3 is 2.30 bits per heavy atom. The van der Waals surface area contributed by atoms with Gasteiger partial charge in [0.25, 0.3) is 0 Å². The van der Waals surface area contributed by atoms with E-state index in [4.69, 9.17) is 5.11 Å². The maximum absolute atomic E-state index is 11.5. The lowest BCUT2D eigenvalue weighted by molar-refractivity contribution is -0.154. The van der Waals surface area contributed by atoms with Crippen molar-refractivity contribution >= 4 is 11.9 Å². The van der Waals surface area contributed by atoms with Crippen LogP contribution in [0.3, 0.4) is 0 Å². The Kier molecular flexibility index (Phi) is 9.59. The van der Waals surface area contributed by atoms with Gasteiger partial charge in [-0.05, 0) is 32.8 Å². The predicted molar refractivity (Wildman–Crippen MR) is 75.8 cm³/mol. The van der Waals surface area contributed by atoms with E-state index in [-0.39, 0.29) is 17.8 Å². The van der Waals surface area contributed by atoms with Crippen LogP contribution >= 0.6 is 0 Å². The van der Waals surface area contributed by atoms with Gasteiger partial charge in [-0.3, -0.25) is 0 Å². The van der Waals surface area contributed by atoms with Gasteiger partial charge in [-0.15, -0.1) is 0 Å². The van der Waals surface area contributed by atoms with Crippen LogP contribution in [0.5, 0.6) is 0 Å². The van der Waals surface area contributed by atoms with Crippen LogP contribution in [0.25, 0.3) is 0 Å². The van der Waals surface area contributed by atoms with Gasteiger partial charge in [0.15, 0.2) is 0 Å². The molecule has 0 spiro atoms. The van der Waals surface area contributed by atoms with E-state index in [2.05, 4.69) is 11.3 Å². The van der Waals surface area contributed by atoms with Crippen LogP contribution in [0, 0.1) is 0 Å². The lowest BCUT2D eigenvalue weighted by Crippen LogP contribution is -2.15. The van der Waals surface area contributed by atoms with Crippen LogP contribution in [0.1, 0.15) is 46.0 Å². The van der Waals surface area contributed by atoms with Gasteiger partial charge in [-0.1, -0.05) is 25.8 Å². The molecule has 0 bridgehead atoms. The fourth-order valence-electron chi connectivity index (χ4n) is 1.51. The van der Waals surface area contributed by atoms with Crippen molar-refractivity contribution in [3.05, 3.63) is 23.8 Å². The standard InChI is InChI=1S/C15H24O5/c1-11(2)14(18)20-15(19)12(3)10-13(17)8-6-4-5-7-9-16/h10,13,16-17H,1,4-9H2,2-3H3. The summed E-state index contributed by atoms with van der Waals surface area (Å²) in [5.74, 6) is -1.53. The maximum atomic E-state index is 11.5. The van der Waals surface area contributed by atoms with Crippen molar-refractivity contribution < 1.29 is 24.5 Å². The lowest BCUT2D eigenvalue weighted by Gasteiger charge is -2.07. The Balaban J connectivity index is 4.11. The van der Waals surface area contributed by atoms with E-state index in [9.17, 15) is 14.7 Å². The zero-order valence-corrected chi connectivity index (χ0v) is 12.2. The molecule has 20 heavy (non-hydrogen) atoms. The quantitative estimate of drug-likeness (QED) is 0.292. The molecule has 5 nitrogen and oxygen atoms in total. The molecule has 0 aromatic heterocycles. The summed E-state index contributed by atoms with van der Waals surface area (Å²) in [5.41, 5.74) is 0.345. The van der Waals surface area contributed by atoms with Crippen molar-refractivity contribution in [1.82, 2.24) is 0 Å². The molecule has 0 aliphatic rings. The molecule has 5 heteroatoms. The number of rotatable bonds is 9. The van der Waals surface area contributed by atoms with Gasteiger partial charge in [-0.25, -0.2) is 9.59 Å². The first-order chi connectivity index (χ1) is 9.38. The van der Waals surface area contributed by atoms with Gasteiger partial charge in [-0.2, -0.15) is 0 Å². The SMILES string of the molecule is C=C(C)C(=O)OC(=O)C(C)=CC(O)CCCCCCO. The summed E-state index contributed by atoms with van der Waals surface area (Å²) in [5, 5.41) is 18.4. The number of unbranched alkanes of at least 4 members (excludes halogenated alkanes) is 3. The van der Waals surface area contributed by atoms with Gasteiger partial charge in [0.1, 0.15) is 0 Å². The van der Waals surface area contributed by atoms with E-state index >= 15 is 0 Å². The highest BCUT2D eigenvalue weighted by Gasteiger charge is 2.14. The van der Waals surface area contributed by atoms with Crippen molar-refractivity contribution in [2.24, 2.45) is 0 Å². The minimum Gasteiger partial charge on any atom is -0.396 e. The van der Waals surface area contributed by atoms with E-state index in [0.29, 0.717) is 6.42 Å². The van der Waals surface area contributed by atoms with Crippen LogP contribution in [0.2, 0.25) is 0 Å². The first-order valence-electron chi connectivity index (χ1n) is 6.77. The van der Waals surface area contributed by atoms with E-state index in [1.807, 2.05) is 0 Å². The molecule has 0 heterocycles. The number of aliphatic hydroxyl groups is 2. The Labute approximate surface area is 119 Å². The van der Waals surface area contributed by atoms with Crippen molar-refractivity contribution in [2.45, 2.75) is 52.1 Å². The Bertz CT molecular complexity index is 370. The Hall–Kier alpha value is -1.46. The topological polar surface area (TPSA) is 83.8 Å². The number of carbonyl (C=O) groups excluding carboxylic acids is 2. The summed E-state index contributed by atoms with van der Waals surface area (Å²) in [6.07, 6.45) is 4.59. The van der Waals surface area contributed by atoms with E-state index in [1.165, 1.54) is 19.9 Å². The second kappa shape index (κ2) is 10.3. The van der Waals surface area contributed by atoms with Crippen molar-refractivity contribution in [2.75, 3.05) is 6.61 Å². The van der Waals surface area contributed by atoms with E-state index in [1.54, 1.807) is 0 Å². The zero-order valence-electron chi connectivity index (χ0n) is 12.2. The van der Waals surface area contributed by atoms with Crippen molar-refractivity contribution in [3.8, 4) is 0 Å². The average molecular weight is 284 g/mol. The first-order valence-corrected chi connectivity index (χ1v) is 6.77. The van der Waals surface area contributed by atoms with Crippen LogP contribution in [0.15, 0.2) is 23.8 Å². The molecule has 0 aliphatic carbocycles. The van der Waals surface area contributed by atoms with Gasteiger partial charge in [0.05, 0.1) is 6.10 Å². The molecule has 0 saturated carbocycles. The summed E-state index contributed by atoms with van der Waals surface area (Å²) in [6, 6.07) is 0. The average Bonchev–Trinajstić information content (AvgIpc) is 2.38. The highest BCUT2D eigenvalue weighted by Crippen LogP contribution is 2.09. The molecule has 0 amide bonds. The predicted octanol–water partition coefficient (Wildman–Crippen LogP) is 1.88. The van der Waals surface area contributed by atoms with Crippen molar-refractivity contribution in [1.29, 1.82) is 0 Å². The highest BCUT2D eigenvalue weighted by molar-refractivity contribution is 6.01. The van der Waals surface area contributed by atoms with Gasteiger partial charge >= 0.3 is 11.9 Å². The Morgan fingerprint density at radius 1 is 1.15 bits per heavy atom. The molecule has 0 saturated heterocycles. The summed E-state index contributed by atoms with van der Waals surface area (Å²) in [4.78, 5) is 22.7. The third kappa shape index (κ3) is 8.61. The largest absolute Gasteiger partial charge is 0.396 e. The van der Waals surface area contributed by atoms with E-state index in [0.717, 1.165) is 25.7 Å². The summed E-state index contributed by atoms with van der Waals surface area (Å²) >= 11 is 0. The lowest BCUT2D eigenvalue weighted by atomic mass is 10.1. The molecule has 2 N–H and O–H groups in total. The number of esters is 2. The number of ether oxygens (including phenoxy) is 1. The number of aliphatic hydroxyl groups excluding tert-OH is 2. The fourth-order valence-corrected chi connectivity index (χ4v) is 1.51.